The molecule has 1 aromatic carbocycles. The van der Waals surface area contributed by atoms with Crippen LogP contribution in [0, 0.1) is 0 Å². The van der Waals surface area contributed by atoms with E-state index in [2.05, 4.69) is 0 Å². The molecule has 0 aromatic heterocycles. The molecule has 0 atom stereocenters. The quantitative estimate of drug-likeness (QED) is 0.767. The van der Waals surface area contributed by atoms with Gasteiger partial charge < -0.3 is 9.84 Å². The molecule has 0 saturated heterocycles. The second-order valence-electron chi connectivity index (χ2n) is 4.97. The van der Waals surface area contributed by atoms with Gasteiger partial charge in [-0.25, -0.2) is 4.79 Å². The van der Waals surface area contributed by atoms with Gasteiger partial charge in [0.15, 0.2) is 11.4 Å². The van der Waals surface area contributed by atoms with Gasteiger partial charge in [-0.05, 0) is 32.4 Å². The highest BCUT2D eigenvalue weighted by Crippen LogP contribution is 2.21. The summed E-state index contributed by atoms with van der Waals surface area (Å²) in [5.41, 5.74) is -0.752. The van der Waals surface area contributed by atoms with Crippen LogP contribution in [0.15, 0.2) is 24.3 Å². The number of hydrogen-bond donors (Lipinski definition) is 1. The van der Waals surface area contributed by atoms with Crippen LogP contribution in [0.3, 0.4) is 0 Å². The second kappa shape index (κ2) is 6.36. The van der Waals surface area contributed by atoms with Crippen molar-refractivity contribution in [1.82, 2.24) is 0 Å². The molecule has 0 bridgehead atoms. The number of rotatable bonds is 7. The third kappa shape index (κ3) is 4.39. The second-order valence-corrected chi connectivity index (χ2v) is 4.97. The van der Waals surface area contributed by atoms with Crippen LogP contribution in [0.25, 0.3) is 0 Å². The number of Topliss-reactive ketones (excluding diaryl/α,β-unsaturated/α-hetero) is 1. The molecule has 1 N–H and O–H groups in total. The molecule has 104 valence electrons. The molecule has 0 radical (unpaired) electrons. The van der Waals surface area contributed by atoms with Crippen LogP contribution in [0.2, 0.25) is 0 Å². The van der Waals surface area contributed by atoms with Crippen molar-refractivity contribution in [2.75, 3.05) is 0 Å². The van der Waals surface area contributed by atoms with Crippen LogP contribution in [0.1, 0.15) is 50.4 Å². The number of ketones is 1. The van der Waals surface area contributed by atoms with Gasteiger partial charge in [0.1, 0.15) is 5.75 Å². The highest BCUT2D eigenvalue weighted by molar-refractivity contribution is 5.96. The standard InChI is InChI=1S/C15H20O4/c1-4-5-9-13(16)11-7-6-8-12(10-11)19-15(2,3)14(17)18/h6-8,10H,4-5,9H2,1-3H3,(H,17,18). The summed E-state index contributed by atoms with van der Waals surface area (Å²) >= 11 is 0. The summed E-state index contributed by atoms with van der Waals surface area (Å²) in [6.07, 6.45) is 2.32. The predicted molar refractivity (Wildman–Crippen MR) is 72.6 cm³/mol. The summed E-state index contributed by atoms with van der Waals surface area (Å²) in [5.74, 6) is -0.592. The zero-order valence-corrected chi connectivity index (χ0v) is 11.6. The van der Waals surface area contributed by atoms with Crippen LogP contribution in [0.4, 0.5) is 0 Å². The van der Waals surface area contributed by atoms with Crippen LogP contribution in [-0.4, -0.2) is 22.5 Å². The molecule has 0 aliphatic heterocycles. The zero-order valence-electron chi connectivity index (χ0n) is 11.6. The maximum atomic E-state index is 11.9. The molecule has 1 rings (SSSR count). The van der Waals surface area contributed by atoms with E-state index in [1.807, 2.05) is 6.92 Å². The highest BCUT2D eigenvalue weighted by atomic mass is 16.5. The first-order valence-corrected chi connectivity index (χ1v) is 6.42. The van der Waals surface area contributed by atoms with E-state index in [1.54, 1.807) is 24.3 Å². The Labute approximate surface area is 113 Å². The van der Waals surface area contributed by atoms with E-state index >= 15 is 0 Å². The Balaban J connectivity index is 2.83. The van der Waals surface area contributed by atoms with Crippen LogP contribution >= 0.6 is 0 Å². The number of ether oxygens (including phenoxy) is 1. The van der Waals surface area contributed by atoms with Crippen LogP contribution in [-0.2, 0) is 4.79 Å². The molecule has 4 nitrogen and oxygen atoms in total. The summed E-state index contributed by atoms with van der Waals surface area (Å²) in [4.78, 5) is 22.9. The van der Waals surface area contributed by atoms with Gasteiger partial charge in [0.05, 0.1) is 0 Å². The zero-order chi connectivity index (χ0) is 14.5. The lowest BCUT2D eigenvalue weighted by atomic mass is 10.1. The molecular weight excluding hydrogens is 244 g/mol. The summed E-state index contributed by atoms with van der Waals surface area (Å²) in [6.45, 7) is 4.98. The Morgan fingerprint density at radius 3 is 2.58 bits per heavy atom. The predicted octanol–water partition coefficient (Wildman–Crippen LogP) is 3.30. The summed E-state index contributed by atoms with van der Waals surface area (Å²) in [7, 11) is 0. The van der Waals surface area contributed by atoms with E-state index in [0.29, 0.717) is 17.7 Å². The minimum Gasteiger partial charge on any atom is -0.478 e. The minimum atomic E-state index is -1.31. The first-order chi connectivity index (χ1) is 8.86. The molecule has 0 heterocycles. The molecule has 0 aliphatic rings. The fourth-order valence-corrected chi connectivity index (χ4v) is 1.55. The summed E-state index contributed by atoms with van der Waals surface area (Å²) < 4.78 is 5.41. The van der Waals surface area contributed by atoms with Crippen molar-refractivity contribution < 1.29 is 19.4 Å². The fourth-order valence-electron chi connectivity index (χ4n) is 1.55. The van der Waals surface area contributed by atoms with Crippen molar-refractivity contribution in [3.8, 4) is 5.75 Å². The van der Waals surface area contributed by atoms with E-state index in [-0.39, 0.29) is 5.78 Å². The number of carbonyl (C=O) groups excluding carboxylic acids is 1. The van der Waals surface area contributed by atoms with E-state index in [9.17, 15) is 9.59 Å². The number of carbonyl (C=O) groups is 2. The van der Waals surface area contributed by atoms with E-state index in [1.165, 1.54) is 13.8 Å². The maximum Gasteiger partial charge on any atom is 0.347 e. The third-order valence-electron chi connectivity index (χ3n) is 2.80. The van der Waals surface area contributed by atoms with E-state index < -0.39 is 11.6 Å². The van der Waals surface area contributed by atoms with Gasteiger partial charge >= 0.3 is 5.97 Å². The normalized spacial score (nSPS) is 11.1. The Morgan fingerprint density at radius 1 is 1.32 bits per heavy atom. The van der Waals surface area contributed by atoms with Gasteiger partial charge in [0.2, 0.25) is 0 Å². The van der Waals surface area contributed by atoms with Crippen molar-refractivity contribution in [3.05, 3.63) is 29.8 Å². The molecule has 1 aromatic rings. The lowest BCUT2D eigenvalue weighted by Crippen LogP contribution is -2.37. The van der Waals surface area contributed by atoms with Gasteiger partial charge in [-0.3, -0.25) is 4.79 Å². The van der Waals surface area contributed by atoms with Crippen molar-refractivity contribution in [2.45, 2.75) is 45.6 Å². The van der Waals surface area contributed by atoms with Gasteiger partial charge in [-0.15, -0.1) is 0 Å². The molecule has 0 spiro atoms. The number of carboxylic acids is 1. The lowest BCUT2D eigenvalue weighted by molar-refractivity contribution is -0.152. The third-order valence-corrected chi connectivity index (χ3v) is 2.80. The topological polar surface area (TPSA) is 63.6 Å². The molecule has 0 aliphatic carbocycles. The van der Waals surface area contributed by atoms with Crippen molar-refractivity contribution >= 4 is 11.8 Å². The van der Waals surface area contributed by atoms with Crippen LogP contribution in [0.5, 0.6) is 5.75 Å². The summed E-state index contributed by atoms with van der Waals surface area (Å²) in [5, 5.41) is 9.01. The smallest absolute Gasteiger partial charge is 0.347 e. The Morgan fingerprint density at radius 2 is 2.00 bits per heavy atom. The molecule has 0 saturated carbocycles. The van der Waals surface area contributed by atoms with Crippen molar-refractivity contribution in [2.24, 2.45) is 0 Å². The van der Waals surface area contributed by atoms with E-state index in [4.69, 9.17) is 9.84 Å². The first-order valence-electron chi connectivity index (χ1n) is 6.42. The number of aliphatic carboxylic acids is 1. The number of unbranched alkanes of at least 4 members (excludes halogenated alkanes) is 1. The molecular formula is C15H20O4. The van der Waals surface area contributed by atoms with Gasteiger partial charge in [0, 0.05) is 12.0 Å². The highest BCUT2D eigenvalue weighted by Gasteiger charge is 2.29. The molecule has 0 fully saturated rings. The molecule has 0 amide bonds. The fraction of sp³-hybridized carbons (Fsp3) is 0.467. The van der Waals surface area contributed by atoms with E-state index in [0.717, 1.165) is 12.8 Å². The lowest BCUT2D eigenvalue weighted by Gasteiger charge is -2.21. The van der Waals surface area contributed by atoms with Crippen molar-refractivity contribution in [1.29, 1.82) is 0 Å². The number of hydrogen-bond acceptors (Lipinski definition) is 3. The van der Waals surface area contributed by atoms with Crippen molar-refractivity contribution in [3.63, 3.8) is 0 Å². The first kappa shape index (κ1) is 15.2. The van der Waals surface area contributed by atoms with Gasteiger partial charge in [-0.1, -0.05) is 25.5 Å². The van der Waals surface area contributed by atoms with Crippen LogP contribution < -0.4 is 4.74 Å². The monoisotopic (exact) mass is 264 g/mol. The largest absolute Gasteiger partial charge is 0.478 e. The Kier molecular flexibility index (Phi) is 5.10. The number of benzene rings is 1. The maximum absolute atomic E-state index is 11.9. The van der Waals surface area contributed by atoms with Gasteiger partial charge in [-0.2, -0.15) is 0 Å². The average molecular weight is 264 g/mol. The molecule has 4 heteroatoms. The Hall–Kier alpha value is -1.84. The SMILES string of the molecule is CCCCC(=O)c1cccc(OC(C)(C)C(=O)O)c1. The number of carboxylic acid groups (broad SMARTS) is 1. The van der Waals surface area contributed by atoms with Gasteiger partial charge in [0.25, 0.3) is 0 Å². The molecule has 0 unspecified atom stereocenters. The Bertz CT molecular complexity index is 463. The summed E-state index contributed by atoms with van der Waals surface area (Å²) in [6, 6.07) is 6.68. The molecule has 19 heavy (non-hydrogen) atoms. The average Bonchev–Trinajstić information content (AvgIpc) is 2.35. The minimum absolute atomic E-state index is 0.0560.